The number of carbonyl (C=O) groups excluding carboxylic acids is 3. The number of hydrogen-bond donors (Lipinski definition) is 8. The van der Waals surface area contributed by atoms with Gasteiger partial charge in [0.05, 0.1) is 25.2 Å². The van der Waals surface area contributed by atoms with Gasteiger partial charge in [0.15, 0.2) is 0 Å². The van der Waals surface area contributed by atoms with Crippen molar-refractivity contribution in [1.82, 2.24) is 26.6 Å². The molecule has 0 fully saturated rings. The van der Waals surface area contributed by atoms with E-state index in [0.717, 1.165) is 19.5 Å². The van der Waals surface area contributed by atoms with Crippen LogP contribution in [0.15, 0.2) is 29.7 Å². The van der Waals surface area contributed by atoms with Crippen LogP contribution in [0.4, 0.5) is 0 Å². The maximum atomic E-state index is 12.0. The molecule has 0 aromatic carbocycles. The summed E-state index contributed by atoms with van der Waals surface area (Å²) >= 11 is 0. The molecule has 0 aliphatic carbocycles. The van der Waals surface area contributed by atoms with E-state index in [4.69, 9.17) is 10.8 Å². The summed E-state index contributed by atoms with van der Waals surface area (Å²) in [6.07, 6.45) is 19.7. The standard InChI is InChI=1S/C21H41N5O6.C11H19N.C2H6.C2H2/c1-2-3-4-5-11-23-12-10-17(22)21(32)25-14-19(29)24-13-9-16(15-27)26-18(28)7-6-8-20(30)31;1-5-7-8-10(3)11(4)9-12-6-2;2*1-2/h16-17,23,27H,2-15,22H2,1H3,(H,24,29)(H,25,32)(H,26,28)(H,30,31);5,8-10,12H,6H2,1-4H3;1-2H3;1-2H/b;11-9-;;/t16?,17-;;;/m0.../s1. The lowest BCUT2D eigenvalue weighted by Crippen LogP contribution is -2.46. The average molecular weight is 681 g/mol. The molecular weight excluding hydrogens is 612 g/mol. The van der Waals surface area contributed by atoms with Crippen molar-refractivity contribution in [1.29, 1.82) is 0 Å². The number of unbranched alkanes of at least 4 members (excludes halogenated alkanes) is 3. The molecule has 278 valence electrons. The second-order valence-corrected chi connectivity index (χ2v) is 10.6. The van der Waals surface area contributed by atoms with Gasteiger partial charge in [0.1, 0.15) is 0 Å². The van der Waals surface area contributed by atoms with Crippen molar-refractivity contribution < 1.29 is 29.4 Å². The van der Waals surface area contributed by atoms with Gasteiger partial charge in [-0.05, 0) is 77.9 Å². The van der Waals surface area contributed by atoms with Gasteiger partial charge in [0, 0.05) is 31.8 Å². The first-order chi connectivity index (χ1) is 23.0. The van der Waals surface area contributed by atoms with Gasteiger partial charge in [0.25, 0.3) is 0 Å². The Kier molecular flexibility index (Phi) is 42.2. The van der Waals surface area contributed by atoms with E-state index in [1.807, 2.05) is 26.8 Å². The van der Waals surface area contributed by atoms with Crippen LogP contribution in [0.1, 0.15) is 106 Å². The number of carbonyl (C=O) groups is 4. The van der Waals surface area contributed by atoms with Crippen LogP contribution in [0, 0.1) is 18.8 Å². The minimum atomic E-state index is -0.971. The smallest absolute Gasteiger partial charge is 0.303 e. The van der Waals surface area contributed by atoms with E-state index in [1.54, 1.807) is 0 Å². The highest BCUT2D eigenvalue weighted by atomic mass is 16.4. The van der Waals surface area contributed by atoms with Gasteiger partial charge >= 0.3 is 5.97 Å². The van der Waals surface area contributed by atoms with Gasteiger partial charge in [-0.15, -0.1) is 18.6 Å². The maximum absolute atomic E-state index is 12.0. The summed E-state index contributed by atoms with van der Waals surface area (Å²) in [5.41, 5.74) is 10.3. The Morgan fingerprint density at radius 1 is 0.917 bits per heavy atom. The predicted octanol–water partition coefficient (Wildman–Crippen LogP) is 3.37. The largest absolute Gasteiger partial charge is 0.481 e. The monoisotopic (exact) mass is 681 g/mol. The highest BCUT2D eigenvalue weighted by Gasteiger charge is 2.15. The minimum absolute atomic E-state index is 0.0514. The van der Waals surface area contributed by atoms with Crippen molar-refractivity contribution in [2.75, 3.05) is 39.3 Å². The van der Waals surface area contributed by atoms with Gasteiger partial charge in [-0.25, -0.2) is 0 Å². The zero-order valence-corrected chi connectivity index (χ0v) is 30.8. The number of allylic oxidation sites excluding steroid dienone is 2. The first-order valence-electron chi connectivity index (χ1n) is 17.2. The summed E-state index contributed by atoms with van der Waals surface area (Å²) in [6.45, 7) is 16.7. The lowest BCUT2D eigenvalue weighted by molar-refractivity contribution is -0.137. The number of hydrogen-bond acceptors (Lipinski definition) is 8. The molecule has 3 atom stereocenters. The second kappa shape index (κ2) is 39.6. The topological polar surface area (TPSA) is 195 Å². The van der Waals surface area contributed by atoms with Crippen molar-refractivity contribution in [3.63, 3.8) is 0 Å². The molecule has 12 nitrogen and oxygen atoms in total. The van der Waals surface area contributed by atoms with Crippen LogP contribution >= 0.6 is 0 Å². The second-order valence-electron chi connectivity index (χ2n) is 10.6. The van der Waals surface area contributed by atoms with E-state index < -0.39 is 29.9 Å². The van der Waals surface area contributed by atoms with Crippen LogP contribution < -0.4 is 32.3 Å². The molecule has 0 aromatic heterocycles. The molecule has 0 heterocycles. The van der Waals surface area contributed by atoms with Crippen molar-refractivity contribution in [2.24, 2.45) is 11.7 Å². The predicted molar refractivity (Wildman–Crippen MR) is 197 cm³/mol. The maximum Gasteiger partial charge on any atom is 0.303 e. The number of aliphatic carboxylic acids is 1. The number of terminal acetylenes is 1. The molecule has 2 unspecified atom stereocenters. The molecule has 3 amide bonds. The molecule has 48 heavy (non-hydrogen) atoms. The quantitative estimate of drug-likeness (QED) is 0.0429. The van der Waals surface area contributed by atoms with Gasteiger partial charge in [-0.1, -0.05) is 52.5 Å². The fourth-order valence-corrected chi connectivity index (χ4v) is 3.61. The van der Waals surface area contributed by atoms with E-state index in [2.05, 4.69) is 85.1 Å². The zero-order valence-electron chi connectivity index (χ0n) is 30.8. The number of carboxylic acid groups (broad SMARTS) is 1. The molecule has 0 radical (unpaired) electrons. The molecule has 0 saturated heterocycles. The number of aliphatic hydroxyl groups excluding tert-OH is 1. The minimum Gasteiger partial charge on any atom is -0.481 e. The fourth-order valence-electron chi connectivity index (χ4n) is 3.61. The lowest BCUT2D eigenvalue weighted by Gasteiger charge is -2.17. The summed E-state index contributed by atoms with van der Waals surface area (Å²) in [4.78, 5) is 46.0. The van der Waals surface area contributed by atoms with Crippen molar-refractivity contribution in [3.8, 4) is 12.8 Å². The molecule has 0 bridgehead atoms. The number of carboxylic acids is 1. The van der Waals surface area contributed by atoms with Gasteiger partial charge in [-0.3, -0.25) is 19.2 Å². The first-order valence-corrected chi connectivity index (χ1v) is 17.2. The molecule has 0 saturated carbocycles. The Labute approximate surface area is 291 Å². The molecule has 12 heteroatoms. The van der Waals surface area contributed by atoms with Crippen molar-refractivity contribution >= 4 is 23.7 Å². The van der Waals surface area contributed by atoms with E-state index in [9.17, 15) is 24.3 Å². The first kappa shape index (κ1) is 51.2. The number of rotatable bonds is 24. The molecular formula is C36H68N6O6. The van der Waals surface area contributed by atoms with Crippen LogP contribution in [0.2, 0.25) is 0 Å². The molecule has 0 aromatic rings. The number of amides is 3. The highest BCUT2D eigenvalue weighted by Crippen LogP contribution is 2.08. The van der Waals surface area contributed by atoms with Crippen LogP contribution in [-0.2, 0) is 19.2 Å². The van der Waals surface area contributed by atoms with Gasteiger partial charge in [0.2, 0.25) is 17.7 Å². The molecule has 0 spiro atoms. The van der Waals surface area contributed by atoms with Crippen LogP contribution in [0.3, 0.4) is 0 Å². The van der Waals surface area contributed by atoms with E-state index in [1.165, 1.54) is 24.8 Å². The average Bonchev–Trinajstić information content (AvgIpc) is 3.09. The number of nitrogens with one attached hydrogen (secondary N) is 5. The molecule has 0 aliphatic rings. The number of aliphatic hydroxyl groups is 1. The fraction of sp³-hybridized carbons (Fsp3) is 0.694. The summed E-state index contributed by atoms with van der Waals surface area (Å²) in [5.74, 6) is -1.64. The summed E-state index contributed by atoms with van der Waals surface area (Å²) in [6, 6.07) is -1.24. The Balaban J connectivity index is -0.000000503. The van der Waals surface area contributed by atoms with E-state index >= 15 is 0 Å². The van der Waals surface area contributed by atoms with E-state index in [0.29, 0.717) is 25.3 Å². The Morgan fingerprint density at radius 3 is 2.15 bits per heavy atom. The molecule has 0 aliphatic heterocycles. The van der Waals surface area contributed by atoms with Crippen molar-refractivity contribution in [2.45, 2.75) is 118 Å². The Bertz CT molecular complexity index is 931. The van der Waals surface area contributed by atoms with Crippen LogP contribution in [0.5, 0.6) is 0 Å². The molecule has 0 rings (SSSR count). The Morgan fingerprint density at radius 2 is 1.58 bits per heavy atom. The van der Waals surface area contributed by atoms with Crippen molar-refractivity contribution in [3.05, 3.63) is 29.7 Å². The van der Waals surface area contributed by atoms with Crippen LogP contribution in [-0.4, -0.2) is 85.3 Å². The summed E-state index contributed by atoms with van der Waals surface area (Å²) in [5, 5.41) is 32.0. The SMILES string of the molecule is C#C.CC.CC=C=CC(C)/C(C)=C\NCC.CCCCCCNCC[C@H](N)C(=O)NCC(=O)NCCC(CO)NC(=O)CCCC(=O)O. The highest BCUT2D eigenvalue weighted by molar-refractivity contribution is 5.87. The third-order valence-electron chi connectivity index (χ3n) is 6.56. The van der Waals surface area contributed by atoms with Gasteiger partial charge in [-0.2, -0.15) is 0 Å². The lowest BCUT2D eigenvalue weighted by atomic mass is 10.0. The third-order valence-corrected chi connectivity index (χ3v) is 6.56. The summed E-state index contributed by atoms with van der Waals surface area (Å²) < 4.78 is 0. The van der Waals surface area contributed by atoms with Gasteiger partial charge < -0.3 is 42.5 Å². The third kappa shape index (κ3) is 36.8. The van der Waals surface area contributed by atoms with Crippen LogP contribution in [0.25, 0.3) is 0 Å². The Hall–Kier alpha value is -3.62. The number of nitrogens with two attached hydrogens (primary N) is 1. The normalized spacial score (nSPS) is 11.9. The van der Waals surface area contributed by atoms with E-state index in [-0.39, 0.29) is 44.9 Å². The zero-order chi connectivity index (χ0) is 37.6. The summed E-state index contributed by atoms with van der Waals surface area (Å²) in [7, 11) is 0. The molecule has 9 N–H and O–H groups in total.